The summed E-state index contributed by atoms with van der Waals surface area (Å²) in [5.41, 5.74) is 0.903. The molecule has 128 valence electrons. The molecule has 1 aliphatic rings. The van der Waals surface area contributed by atoms with Gasteiger partial charge in [-0.25, -0.2) is 0 Å². The maximum Gasteiger partial charge on any atom is 0.220 e. The van der Waals surface area contributed by atoms with Gasteiger partial charge in [-0.15, -0.1) is 0 Å². The van der Waals surface area contributed by atoms with Crippen molar-refractivity contribution < 1.29 is 14.3 Å². The smallest absolute Gasteiger partial charge is 0.220 e. The van der Waals surface area contributed by atoms with E-state index < -0.39 is 0 Å². The Morgan fingerprint density at radius 2 is 2.17 bits per heavy atom. The Kier molecular flexibility index (Phi) is 6.94. The number of halogens is 1. The summed E-state index contributed by atoms with van der Waals surface area (Å²) in [7, 11) is 1.58. The van der Waals surface area contributed by atoms with Crippen molar-refractivity contribution in [3.63, 3.8) is 0 Å². The van der Waals surface area contributed by atoms with Crippen LogP contribution < -0.4 is 14.8 Å². The first-order valence-electron chi connectivity index (χ1n) is 7.94. The second kappa shape index (κ2) is 9.18. The molecule has 1 aliphatic heterocycles. The summed E-state index contributed by atoms with van der Waals surface area (Å²) in [5.74, 6) is 1.88. The minimum absolute atomic E-state index is 0.0375. The number of hydrogen-bond acceptors (Lipinski definition) is 3. The zero-order chi connectivity index (χ0) is 17.4. The molecule has 24 heavy (non-hydrogen) atoms. The Balaban J connectivity index is 2.41. The molecule has 0 fully saturated rings. The van der Waals surface area contributed by atoms with Crippen LogP contribution in [0.1, 0.15) is 25.3 Å². The number of methoxy groups -OCH3 is 1. The van der Waals surface area contributed by atoms with Crippen LogP contribution in [0.5, 0.6) is 11.5 Å². The standard InChI is InChI=1S/C19H22ClNO3/c1-3-7-15-8-5-4-6-9-19(22)21-11-10-14-12-18(24-15)17(23-2)13-16(14)20/h3-5,7-8,12-13H,6,9-11H2,1-2H3,(H,21,22)/b5-4+,7-3-,15-8+. The van der Waals surface area contributed by atoms with Crippen LogP contribution >= 0.6 is 11.6 Å². The number of benzene rings is 1. The summed E-state index contributed by atoms with van der Waals surface area (Å²) in [6.45, 7) is 2.46. The zero-order valence-corrected chi connectivity index (χ0v) is 14.7. The third-order valence-corrected chi connectivity index (χ3v) is 3.89. The topological polar surface area (TPSA) is 47.6 Å². The molecule has 1 heterocycles. The Bertz CT molecular complexity index is 677. The lowest BCUT2D eigenvalue weighted by atomic mass is 10.1. The molecule has 1 aromatic rings. The molecule has 0 radical (unpaired) electrons. The Hall–Kier alpha value is -2.20. The highest BCUT2D eigenvalue weighted by Gasteiger charge is 2.12. The minimum atomic E-state index is 0.0375. The first-order chi connectivity index (χ1) is 11.6. The second-order valence-electron chi connectivity index (χ2n) is 5.33. The van der Waals surface area contributed by atoms with Crippen molar-refractivity contribution in [1.29, 1.82) is 0 Å². The third kappa shape index (κ3) is 5.17. The van der Waals surface area contributed by atoms with E-state index in [1.54, 1.807) is 13.2 Å². The van der Waals surface area contributed by atoms with Crippen LogP contribution in [0.25, 0.3) is 0 Å². The Morgan fingerprint density at radius 3 is 2.92 bits per heavy atom. The number of fused-ring (bicyclic) bond motifs is 2. The first-order valence-corrected chi connectivity index (χ1v) is 8.32. The van der Waals surface area contributed by atoms with E-state index in [0.717, 1.165) is 5.56 Å². The van der Waals surface area contributed by atoms with Crippen LogP contribution in [0.3, 0.4) is 0 Å². The van der Waals surface area contributed by atoms with Crippen molar-refractivity contribution in [2.45, 2.75) is 26.2 Å². The lowest BCUT2D eigenvalue weighted by Gasteiger charge is -2.14. The molecule has 0 saturated heterocycles. The molecule has 0 spiro atoms. The average molecular weight is 348 g/mol. The highest BCUT2D eigenvalue weighted by Crippen LogP contribution is 2.34. The van der Waals surface area contributed by atoms with Crippen molar-refractivity contribution in [2.75, 3.05) is 13.7 Å². The van der Waals surface area contributed by atoms with Gasteiger partial charge >= 0.3 is 0 Å². The molecule has 0 aromatic heterocycles. The molecule has 0 atom stereocenters. The minimum Gasteiger partial charge on any atom is -0.493 e. The molecular weight excluding hydrogens is 326 g/mol. The molecule has 2 rings (SSSR count). The summed E-state index contributed by atoms with van der Waals surface area (Å²) >= 11 is 6.31. The van der Waals surface area contributed by atoms with Crippen LogP contribution in [0.15, 0.2) is 48.3 Å². The average Bonchev–Trinajstić information content (AvgIpc) is 2.56. The maximum atomic E-state index is 11.8. The highest BCUT2D eigenvalue weighted by molar-refractivity contribution is 6.31. The van der Waals surface area contributed by atoms with Gasteiger partial charge in [0.1, 0.15) is 5.76 Å². The van der Waals surface area contributed by atoms with Crippen LogP contribution in [0, 0.1) is 0 Å². The molecule has 0 unspecified atom stereocenters. The summed E-state index contributed by atoms with van der Waals surface area (Å²) in [4.78, 5) is 11.8. The Labute approximate surface area is 147 Å². The number of nitrogens with one attached hydrogen (secondary N) is 1. The maximum absolute atomic E-state index is 11.8. The molecule has 1 amide bonds. The van der Waals surface area contributed by atoms with Gasteiger partial charge in [-0.1, -0.05) is 29.8 Å². The van der Waals surface area contributed by atoms with Gasteiger partial charge in [-0.3, -0.25) is 4.79 Å². The summed E-state index contributed by atoms with van der Waals surface area (Å²) in [6, 6.07) is 3.60. The van der Waals surface area contributed by atoms with E-state index in [9.17, 15) is 4.79 Å². The number of allylic oxidation sites excluding steroid dienone is 5. The van der Waals surface area contributed by atoms with Crippen molar-refractivity contribution in [1.82, 2.24) is 5.32 Å². The lowest BCUT2D eigenvalue weighted by Crippen LogP contribution is -2.25. The summed E-state index contributed by atoms with van der Waals surface area (Å²) in [5, 5.41) is 3.49. The van der Waals surface area contributed by atoms with Crippen molar-refractivity contribution in [3.05, 3.63) is 58.9 Å². The third-order valence-electron chi connectivity index (χ3n) is 3.54. The SMILES string of the molecule is C\C=C/C1=C\C=C\CCC(=O)NCCc2cc(c(OC)cc2Cl)O1. The number of hydrogen-bond donors (Lipinski definition) is 1. The number of rotatable bonds is 2. The Morgan fingerprint density at radius 1 is 1.33 bits per heavy atom. The quantitative estimate of drug-likeness (QED) is 0.872. The van der Waals surface area contributed by atoms with E-state index >= 15 is 0 Å². The van der Waals surface area contributed by atoms with E-state index in [0.29, 0.717) is 48.1 Å². The van der Waals surface area contributed by atoms with Gasteiger partial charge in [0.25, 0.3) is 0 Å². The van der Waals surface area contributed by atoms with Gasteiger partial charge in [0.2, 0.25) is 5.91 Å². The zero-order valence-electron chi connectivity index (χ0n) is 14.0. The van der Waals surface area contributed by atoms with Gasteiger partial charge in [0.15, 0.2) is 11.5 Å². The normalized spacial score (nSPS) is 19.6. The van der Waals surface area contributed by atoms with E-state index in [1.165, 1.54) is 0 Å². The van der Waals surface area contributed by atoms with Crippen LogP contribution in [0.4, 0.5) is 0 Å². The van der Waals surface area contributed by atoms with Gasteiger partial charge < -0.3 is 14.8 Å². The molecule has 2 bridgehead atoms. The molecule has 4 nitrogen and oxygen atoms in total. The molecule has 5 heteroatoms. The number of ether oxygens (including phenoxy) is 2. The van der Waals surface area contributed by atoms with E-state index in [4.69, 9.17) is 21.1 Å². The number of carbonyl (C=O) groups is 1. The van der Waals surface area contributed by atoms with Crippen molar-refractivity contribution in [3.8, 4) is 11.5 Å². The monoisotopic (exact) mass is 347 g/mol. The molecule has 1 N–H and O–H groups in total. The fraction of sp³-hybridized carbons (Fsp3) is 0.316. The van der Waals surface area contributed by atoms with Gasteiger partial charge in [0, 0.05) is 24.1 Å². The summed E-state index contributed by atoms with van der Waals surface area (Å²) < 4.78 is 11.4. The predicted octanol–water partition coefficient (Wildman–Crippen LogP) is 4.20. The molecule has 0 aliphatic carbocycles. The lowest BCUT2D eigenvalue weighted by molar-refractivity contribution is -0.120. The van der Waals surface area contributed by atoms with Crippen LogP contribution in [-0.4, -0.2) is 19.6 Å². The predicted molar refractivity (Wildman–Crippen MR) is 96.6 cm³/mol. The van der Waals surface area contributed by atoms with Crippen LogP contribution in [0.2, 0.25) is 5.02 Å². The van der Waals surface area contributed by atoms with Gasteiger partial charge in [-0.05, 0) is 43.5 Å². The molecule has 0 saturated carbocycles. The van der Waals surface area contributed by atoms with Crippen LogP contribution in [-0.2, 0) is 11.2 Å². The number of amides is 1. The number of carbonyl (C=O) groups excluding carboxylic acids is 1. The first kappa shape index (κ1) is 18.1. The van der Waals surface area contributed by atoms with E-state index in [-0.39, 0.29) is 5.91 Å². The highest BCUT2D eigenvalue weighted by atomic mass is 35.5. The molecular formula is C19H22ClNO3. The van der Waals surface area contributed by atoms with E-state index in [2.05, 4.69) is 5.32 Å². The molecule has 1 aromatic carbocycles. The van der Waals surface area contributed by atoms with Gasteiger partial charge in [0.05, 0.1) is 7.11 Å². The van der Waals surface area contributed by atoms with Crippen molar-refractivity contribution >= 4 is 17.5 Å². The fourth-order valence-corrected chi connectivity index (χ4v) is 2.57. The largest absolute Gasteiger partial charge is 0.493 e. The van der Waals surface area contributed by atoms with Crippen molar-refractivity contribution in [2.24, 2.45) is 0 Å². The fourth-order valence-electron chi connectivity index (χ4n) is 2.32. The second-order valence-corrected chi connectivity index (χ2v) is 5.74. The van der Waals surface area contributed by atoms with E-state index in [1.807, 2.05) is 43.4 Å². The summed E-state index contributed by atoms with van der Waals surface area (Å²) in [6.07, 6.45) is 11.2. The van der Waals surface area contributed by atoms with Gasteiger partial charge in [-0.2, -0.15) is 0 Å².